The molecule has 0 aliphatic heterocycles. The summed E-state index contributed by atoms with van der Waals surface area (Å²) < 4.78 is 9.33. The van der Waals surface area contributed by atoms with Crippen LogP contribution in [0, 0.1) is 0 Å². The number of rotatable bonds is 6. The van der Waals surface area contributed by atoms with E-state index in [9.17, 15) is 0 Å². The lowest BCUT2D eigenvalue weighted by atomic mass is 10.0. The van der Waals surface area contributed by atoms with Gasteiger partial charge in [-0.1, -0.05) is 165 Å². The van der Waals surface area contributed by atoms with Gasteiger partial charge in [-0.15, -0.1) is 0 Å². The van der Waals surface area contributed by atoms with Crippen LogP contribution in [0.3, 0.4) is 0 Å². The largest absolute Gasteiger partial charge is 0.455 e. The first-order chi connectivity index (χ1) is 30.6. The molecule has 0 radical (unpaired) electrons. The third-order valence-corrected chi connectivity index (χ3v) is 12.3. The van der Waals surface area contributed by atoms with E-state index in [4.69, 9.17) is 14.4 Å². The van der Waals surface area contributed by atoms with Crippen LogP contribution in [0.2, 0.25) is 0 Å². The molecule has 0 unspecified atom stereocenters. The second-order valence-corrected chi connectivity index (χ2v) is 15.8. The van der Waals surface area contributed by atoms with E-state index in [1.54, 1.807) is 6.08 Å². The first kappa shape index (κ1) is 35.6. The number of hydrogen-bond donors (Lipinski definition) is 0. The summed E-state index contributed by atoms with van der Waals surface area (Å²) in [6.45, 7) is 8.84. The van der Waals surface area contributed by atoms with Crippen molar-refractivity contribution in [3.63, 3.8) is 0 Å². The molecule has 0 amide bonds. The summed E-state index contributed by atoms with van der Waals surface area (Å²) in [4.78, 5) is 10.6. The molecular weight excluding hydrogens is 755 g/mol. The van der Waals surface area contributed by atoms with E-state index in [1.807, 2.05) is 18.2 Å². The second kappa shape index (κ2) is 14.1. The van der Waals surface area contributed by atoms with E-state index in [1.165, 1.54) is 32.3 Å². The monoisotopic (exact) mass is 791 g/mol. The van der Waals surface area contributed by atoms with Crippen molar-refractivity contribution in [1.29, 1.82) is 0 Å². The summed E-state index contributed by atoms with van der Waals surface area (Å²) >= 11 is 0. The maximum Gasteiger partial charge on any atom is 0.160 e. The highest BCUT2D eigenvalue weighted by molar-refractivity contribution is 6.27. The molecule has 4 heteroatoms. The normalized spacial score (nSPS) is 12.5. The summed E-state index contributed by atoms with van der Waals surface area (Å²) in [5, 5.41) is 13.7. The summed E-state index contributed by atoms with van der Waals surface area (Å²) in [6, 6.07) is 68.3. The smallest absolute Gasteiger partial charge is 0.160 e. The molecule has 0 saturated carbocycles. The molecule has 0 aliphatic carbocycles. The average Bonchev–Trinajstić information content (AvgIpc) is 3.88. The van der Waals surface area contributed by atoms with Crippen molar-refractivity contribution in [3.05, 3.63) is 230 Å². The Bertz CT molecular complexity index is 3910. The molecule has 0 bridgehead atoms. The van der Waals surface area contributed by atoms with Crippen molar-refractivity contribution in [2.75, 3.05) is 0 Å². The van der Waals surface area contributed by atoms with Crippen LogP contribution in [0.4, 0.5) is 0 Å². The molecule has 4 nitrogen and oxygen atoms in total. The fourth-order valence-electron chi connectivity index (χ4n) is 9.41. The molecule has 2 heterocycles. The number of allylic oxidation sites excluding steroid dienone is 1. The topological polar surface area (TPSA) is 42.8 Å². The number of nitrogens with zero attached hydrogens (tertiary/aromatic N) is 3. The number of benzene rings is 10. The van der Waals surface area contributed by atoms with Crippen LogP contribution in [0.5, 0.6) is 0 Å². The van der Waals surface area contributed by atoms with Crippen molar-refractivity contribution in [2.24, 2.45) is 9.98 Å². The van der Waals surface area contributed by atoms with Crippen LogP contribution in [-0.4, -0.2) is 16.1 Å². The Morgan fingerprint density at radius 1 is 0.468 bits per heavy atom. The third kappa shape index (κ3) is 5.62. The number of aromatic nitrogens is 1. The van der Waals surface area contributed by atoms with Crippen molar-refractivity contribution in [3.8, 4) is 5.69 Å². The first-order valence-electron chi connectivity index (χ1n) is 20.9. The van der Waals surface area contributed by atoms with E-state index >= 15 is 0 Å². The summed E-state index contributed by atoms with van der Waals surface area (Å²) in [7, 11) is 0. The third-order valence-electron chi connectivity index (χ3n) is 12.3. The zero-order valence-corrected chi connectivity index (χ0v) is 33.7. The molecule has 0 fully saturated rings. The van der Waals surface area contributed by atoms with Crippen LogP contribution in [-0.2, 0) is 0 Å². The first-order valence-corrected chi connectivity index (χ1v) is 20.9. The molecule has 12 rings (SSSR count). The summed E-state index contributed by atoms with van der Waals surface area (Å²) in [5.74, 6) is 0.526. The van der Waals surface area contributed by atoms with Gasteiger partial charge in [-0.2, -0.15) is 0 Å². The Balaban J connectivity index is 1.12. The Hall–Kier alpha value is -8.34. The highest BCUT2D eigenvalue weighted by atomic mass is 16.3. The molecule has 0 spiro atoms. The summed E-state index contributed by atoms with van der Waals surface area (Å²) in [6.07, 6.45) is 1.80. The van der Waals surface area contributed by atoms with Gasteiger partial charge in [0.1, 0.15) is 11.2 Å². The SMILES string of the molecule is C=CC(=NC(=NC(=C)c1cccc2ccccc12)c1ccc2ccccc2c1)c1ccc(-n2c3cc4ccccc4cc3c3c4ccccc4ccc32)c2c1oc1ccccc12. The Kier molecular flexibility index (Phi) is 8.12. The fourth-order valence-corrected chi connectivity index (χ4v) is 9.41. The number of fused-ring (bicyclic) bond motifs is 11. The van der Waals surface area contributed by atoms with Gasteiger partial charge in [-0.3, -0.25) is 0 Å². The van der Waals surface area contributed by atoms with E-state index in [0.29, 0.717) is 17.2 Å². The van der Waals surface area contributed by atoms with E-state index < -0.39 is 0 Å². The average molecular weight is 792 g/mol. The standard InChI is InChI=1S/C58H37N3O/c1-3-50(60-58(43-28-27-37-15-4-5-18-40(37)33-43)59-36(2)44-25-14-21-38-16-8-10-22-45(38)44)47-30-32-52(56-48-24-12-13-26-54(48)62-57(47)56)61-51-31-29-39-17-9-11-23-46(39)55(51)49-34-41-19-6-7-20-42(41)35-53(49)61/h3-35H,1-2H2. The lowest BCUT2D eigenvalue weighted by molar-refractivity contribution is 0.668. The van der Waals surface area contributed by atoms with Crippen molar-refractivity contribution in [1.82, 2.24) is 4.57 Å². The quantitative estimate of drug-likeness (QED) is 0.122. The van der Waals surface area contributed by atoms with E-state index in [0.717, 1.165) is 76.9 Å². The zero-order valence-electron chi connectivity index (χ0n) is 33.7. The van der Waals surface area contributed by atoms with Gasteiger partial charge in [0.25, 0.3) is 0 Å². The highest BCUT2D eigenvalue weighted by Gasteiger charge is 2.23. The Morgan fingerprint density at radius 3 is 1.89 bits per heavy atom. The zero-order chi connectivity index (χ0) is 41.3. The molecule has 0 saturated heterocycles. The molecule has 62 heavy (non-hydrogen) atoms. The van der Waals surface area contributed by atoms with Crippen molar-refractivity contribution in [2.45, 2.75) is 0 Å². The van der Waals surface area contributed by atoms with Crippen LogP contribution in [0.25, 0.3) is 98.2 Å². The molecule has 290 valence electrons. The number of hydrogen-bond acceptors (Lipinski definition) is 2. The van der Waals surface area contributed by atoms with Gasteiger partial charge in [-0.25, -0.2) is 9.98 Å². The minimum absolute atomic E-state index is 0.526. The van der Waals surface area contributed by atoms with Gasteiger partial charge in [0, 0.05) is 32.8 Å². The predicted octanol–water partition coefficient (Wildman–Crippen LogP) is 15.4. The predicted molar refractivity (Wildman–Crippen MR) is 263 cm³/mol. The Morgan fingerprint density at radius 2 is 1.10 bits per heavy atom. The molecule has 0 aliphatic rings. The number of furan rings is 1. The van der Waals surface area contributed by atoms with Crippen LogP contribution in [0.15, 0.2) is 228 Å². The second-order valence-electron chi connectivity index (χ2n) is 15.8. The van der Waals surface area contributed by atoms with Gasteiger partial charge in [0.05, 0.1) is 33.5 Å². The minimum atomic E-state index is 0.526. The van der Waals surface area contributed by atoms with Gasteiger partial charge < -0.3 is 8.98 Å². The molecule has 0 atom stereocenters. The number of para-hydroxylation sites is 1. The number of amidine groups is 1. The maximum absolute atomic E-state index is 6.91. The van der Waals surface area contributed by atoms with Gasteiger partial charge in [-0.05, 0) is 91.6 Å². The van der Waals surface area contributed by atoms with Crippen LogP contribution >= 0.6 is 0 Å². The van der Waals surface area contributed by atoms with Crippen LogP contribution in [0.1, 0.15) is 16.7 Å². The lowest BCUT2D eigenvalue weighted by Crippen LogP contribution is -2.06. The molecule has 2 aromatic heterocycles. The highest BCUT2D eigenvalue weighted by Crippen LogP contribution is 2.43. The van der Waals surface area contributed by atoms with Crippen molar-refractivity contribution < 1.29 is 4.42 Å². The number of aliphatic imine (C=N–C) groups is 2. The minimum Gasteiger partial charge on any atom is -0.455 e. The van der Waals surface area contributed by atoms with E-state index in [-0.39, 0.29) is 0 Å². The molecule has 10 aromatic carbocycles. The fraction of sp³-hybridized carbons (Fsp3) is 0. The van der Waals surface area contributed by atoms with Crippen molar-refractivity contribution >= 4 is 104 Å². The molecule has 12 aromatic rings. The lowest BCUT2D eigenvalue weighted by Gasteiger charge is -2.13. The van der Waals surface area contributed by atoms with Gasteiger partial charge >= 0.3 is 0 Å². The summed E-state index contributed by atoms with van der Waals surface area (Å²) in [5.41, 5.74) is 8.69. The van der Waals surface area contributed by atoms with Gasteiger partial charge in [0.15, 0.2) is 5.84 Å². The molecule has 0 N–H and O–H groups in total. The maximum atomic E-state index is 6.91. The van der Waals surface area contributed by atoms with Gasteiger partial charge in [0.2, 0.25) is 0 Å². The Labute approximate surface area is 357 Å². The van der Waals surface area contributed by atoms with E-state index in [2.05, 4.69) is 194 Å². The van der Waals surface area contributed by atoms with Crippen LogP contribution < -0.4 is 0 Å². The molecular formula is C58H37N3O.